The lowest BCUT2D eigenvalue weighted by molar-refractivity contribution is 0.102. The Kier molecular flexibility index (Phi) is 5.11. The van der Waals surface area contributed by atoms with Gasteiger partial charge in [0.1, 0.15) is 11.5 Å². The third-order valence-electron chi connectivity index (χ3n) is 2.69. The van der Waals surface area contributed by atoms with E-state index in [0.29, 0.717) is 22.3 Å². The summed E-state index contributed by atoms with van der Waals surface area (Å²) in [6, 6.07) is 4.00. The first kappa shape index (κ1) is 15.4. The summed E-state index contributed by atoms with van der Waals surface area (Å²) in [5.74, 6) is -0.669. The van der Waals surface area contributed by atoms with Crippen LogP contribution in [0.1, 0.15) is 16.1 Å². The fraction of sp³-hybridized carbons (Fsp3) is 0.231. The molecule has 0 N–H and O–H groups in total. The second kappa shape index (κ2) is 6.64. The summed E-state index contributed by atoms with van der Waals surface area (Å²) in [4.78, 5) is 12.5. The molecular weight excluding hydrogens is 398 g/mol. The van der Waals surface area contributed by atoms with E-state index in [1.807, 2.05) is 22.6 Å². The largest absolute Gasteiger partial charge is 0.383 e. The van der Waals surface area contributed by atoms with Gasteiger partial charge in [0.15, 0.2) is 0 Å². The molecule has 0 unspecified atom stereocenters. The molecule has 1 aromatic carbocycles. The van der Waals surface area contributed by atoms with E-state index < -0.39 is 0 Å². The number of hydrogen-bond acceptors (Lipinski definition) is 3. The van der Waals surface area contributed by atoms with Crippen LogP contribution in [0.2, 0.25) is 5.02 Å². The van der Waals surface area contributed by atoms with Crippen molar-refractivity contribution in [3.63, 3.8) is 0 Å². The summed E-state index contributed by atoms with van der Waals surface area (Å²) < 4.78 is 20.1. The van der Waals surface area contributed by atoms with Crippen LogP contribution in [0.3, 0.4) is 0 Å². The minimum atomic E-state index is -0.384. The van der Waals surface area contributed by atoms with Gasteiger partial charge in [-0.3, -0.25) is 9.48 Å². The van der Waals surface area contributed by atoms with Gasteiger partial charge in [-0.05, 0) is 40.8 Å². The number of aromatic nitrogens is 2. The van der Waals surface area contributed by atoms with Gasteiger partial charge in [0.25, 0.3) is 0 Å². The van der Waals surface area contributed by atoms with Crippen molar-refractivity contribution in [2.75, 3.05) is 13.7 Å². The highest BCUT2D eigenvalue weighted by Crippen LogP contribution is 2.22. The van der Waals surface area contributed by atoms with Crippen LogP contribution < -0.4 is 0 Å². The summed E-state index contributed by atoms with van der Waals surface area (Å²) in [6.45, 7) is 0.834. The van der Waals surface area contributed by atoms with Gasteiger partial charge in [0, 0.05) is 16.2 Å². The molecule has 0 aliphatic carbocycles. The molecule has 0 atom stereocenters. The number of ketones is 1. The molecule has 1 aromatic heterocycles. The summed E-state index contributed by atoms with van der Waals surface area (Å²) >= 11 is 7.95. The second-order valence-corrected chi connectivity index (χ2v) is 5.58. The van der Waals surface area contributed by atoms with E-state index in [1.165, 1.54) is 29.1 Å². The van der Waals surface area contributed by atoms with Gasteiger partial charge in [0.2, 0.25) is 5.78 Å². The monoisotopic (exact) mass is 408 g/mol. The van der Waals surface area contributed by atoms with Gasteiger partial charge in [-0.25, -0.2) is 4.39 Å². The fourth-order valence-corrected chi connectivity index (χ4v) is 2.69. The predicted octanol–water partition coefficient (Wildman–Crippen LogP) is 3.16. The van der Waals surface area contributed by atoms with E-state index in [4.69, 9.17) is 16.3 Å². The molecular formula is C13H11ClFIN2O2. The number of halogens is 3. The van der Waals surface area contributed by atoms with Crippen LogP contribution in [0, 0.1) is 9.39 Å². The van der Waals surface area contributed by atoms with E-state index >= 15 is 0 Å². The minimum Gasteiger partial charge on any atom is -0.383 e. The Morgan fingerprint density at radius 3 is 2.95 bits per heavy atom. The number of carbonyl (C=O) groups is 1. The first-order valence-corrected chi connectivity index (χ1v) is 7.20. The molecule has 0 bridgehead atoms. The number of benzene rings is 1. The lowest BCUT2D eigenvalue weighted by atomic mass is 10.1. The summed E-state index contributed by atoms with van der Waals surface area (Å²) in [6.07, 6.45) is 1.42. The Balaban J connectivity index is 2.40. The molecule has 0 radical (unpaired) electrons. The van der Waals surface area contributed by atoms with Crippen LogP contribution in [0.15, 0.2) is 24.4 Å². The Morgan fingerprint density at radius 1 is 1.55 bits per heavy atom. The number of rotatable bonds is 5. The molecule has 20 heavy (non-hydrogen) atoms. The highest BCUT2D eigenvalue weighted by atomic mass is 127. The van der Waals surface area contributed by atoms with Crippen LogP contribution >= 0.6 is 34.2 Å². The Labute approximate surface area is 134 Å². The quantitative estimate of drug-likeness (QED) is 0.564. The third kappa shape index (κ3) is 3.18. The molecule has 2 aromatic rings. The minimum absolute atomic E-state index is 0.270. The average molecular weight is 409 g/mol. The van der Waals surface area contributed by atoms with Gasteiger partial charge in [-0.1, -0.05) is 11.6 Å². The van der Waals surface area contributed by atoms with Crippen LogP contribution in [-0.4, -0.2) is 29.3 Å². The van der Waals surface area contributed by atoms with Crippen molar-refractivity contribution in [1.29, 1.82) is 0 Å². The summed E-state index contributed by atoms with van der Waals surface area (Å²) in [5.41, 5.74) is 0.682. The molecule has 4 nitrogen and oxygen atoms in total. The van der Waals surface area contributed by atoms with E-state index in [2.05, 4.69) is 5.10 Å². The smallest absolute Gasteiger partial charge is 0.213 e. The molecule has 2 rings (SSSR count). The maximum Gasteiger partial charge on any atom is 0.213 e. The lowest BCUT2D eigenvalue weighted by Crippen LogP contribution is -2.15. The Bertz CT molecular complexity index is 645. The van der Waals surface area contributed by atoms with E-state index in [1.54, 1.807) is 7.11 Å². The van der Waals surface area contributed by atoms with E-state index in [9.17, 15) is 9.18 Å². The molecule has 106 valence electrons. The topological polar surface area (TPSA) is 44.1 Å². The molecule has 0 aliphatic heterocycles. The zero-order valence-electron chi connectivity index (χ0n) is 10.6. The van der Waals surface area contributed by atoms with Crippen molar-refractivity contribution >= 4 is 40.0 Å². The highest BCUT2D eigenvalue weighted by Gasteiger charge is 2.21. The van der Waals surface area contributed by atoms with Gasteiger partial charge >= 0.3 is 0 Å². The molecule has 1 heterocycles. The van der Waals surface area contributed by atoms with Gasteiger partial charge < -0.3 is 4.74 Å². The number of hydrogen-bond donors (Lipinski definition) is 0. The standard InChI is InChI=1S/C13H11ClFIN2O2/c1-20-5-4-18-12(10(14)7-17-18)13(19)9-3-2-8(15)6-11(9)16/h2-3,6-7H,4-5H2,1H3. The maximum atomic E-state index is 13.1. The van der Waals surface area contributed by atoms with Crippen molar-refractivity contribution in [1.82, 2.24) is 9.78 Å². The molecule has 0 aliphatic rings. The van der Waals surface area contributed by atoms with Crippen LogP contribution in [0.25, 0.3) is 0 Å². The zero-order valence-corrected chi connectivity index (χ0v) is 13.5. The van der Waals surface area contributed by atoms with Crippen LogP contribution in [0.4, 0.5) is 4.39 Å². The molecule has 0 spiro atoms. The second-order valence-electron chi connectivity index (χ2n) is 4.01. The molecule has 0 saturated carbocycles. The third-order valence-corrected chi connectivity index (χ3v) is 3.86. The van der Waals surface area contributed by atoms with E-state index in [0.717, 1.165) is 0 Å². The normalized spacial score (nSPS) is 10.8. The molecule has 0 amide bonds. The fourth-order valence-electron chi connectivity index (χ4n) is 1.74. The Hall–Kier alpha value is -0.990. The summed E-state index contributed by atoms with van der Waals surface area (Å²) in [5, 5.41) is 4.32. The van der Waals surface area contributed by atoms with Gasteiger partial charge in [-0.2, -0.15) is 5.10 Å². The Morgan fingerprint density at radius 2 is 2.30 bits per heavy atom. The number of nitrogens with zero attached hydrogens (tertiary/aromatic N) is 2. The number of carbonyl (C=O) groups excluding carboxylic acids is 1. The van der Waals surface area contributed by atoms with Crippen molar-refractivity contribution in [3.05, 3.63) is 50.1 Å². The maximum absolute atomic E-state index is 13.1. The predicted molar refractivity (Wildman–Crippen MR) is 81.7 cm³/mol. The van der Waals surface area contributed by atoms with Gasteiger partial charge in [0.05, 0.1) is 24.4 Å². The van der Waals surface area contributed by atoms with Crippen molar-refractivity contribution in [2.24, 2.45) is 0 Å². The molecule has 0 fully saturated rings. The van der Waals surface area contributed by atoms with Crippen molar-refractivity contribution in [3.8, 4) is 0 Å². The number of methoxy groups -OCH3 is 1. The van der Waals surface area contributed by atoms with E-state index in [-0.39, 0.29) is 22.3 Å². The molecule has 0 saturated heterocycles. The first-order chi connectivity index (χ1) is 9.54. The van der Waals surface area contributed by atoms with Crippen molar-refractivity contribution < 1.29 is 13.9 Å². The summed E-state index contributed by atoms with van der Waals surface area (Å²) in [7, 11) is 1.56. The van der Waals surface area contributed by atoms with Crippen LogP contribution in [-0.2, 0) is 11.3 Å². The average Bonchev–Trinajstić information content (AvgIpc) is 2.77. The first-order valence-electron chi connectivity index (χ1n) is 5.74. The SMILES string of the molecule is COCCn1ncc(Cl)c1C(=O)c1ccc(F)cc1I. The van der Waals surface area contributed by atoms with Crippen molar-refractivity contribution in [2.45, 2.75) is 6.54 Å². The lowest BCUT2D eigenvalue weighted by Gasteiger charge is -2.08. The zero-order chi connectivity index (χ0) is 14.7. The molecule has 7 heteroatoms. The number of ether oxygens (including phenoxy) is 1. The van der Waals surface area contributed by atoms with Gasteiger partial charge in [-0.15, -0.1) is 0 Å². The van der Waals surface area contributed by atoms with Crippen LogP contribution in [0.5, 0.6) is 0 Å². The highest BCUT2D eigenvalue weighted by molar-refractivity contribution is 14.1.